The molecule has 0 atom stereocenters. The van der Waals surface area contributed by atoms with E-state index in [0.717, 1.165) is 16.5 Å². The van der Waals surface area contributed by atoms with Crippen LogP contribution in [0.2, 0.25) is 0 Å². The second kappa shape index (κ2) is 5.18. The SMILES string of the molecule is CCOC(=O)c1cc(=O)cc(-c2cc(C)cs2)o1. The molecule has 0 spiro atoms. The van der Waals surface area contributed by atoms with E-state index in [4.69, 9.17) is 9.15 Å². The lowest BCUT2D eigenvalue weighted by Gasteiger charge is -2.02. The maximum absolute atomic E-state index is 11.5. The molecule has 0 amide bonds. The predicted octanol–water partition coefficient (Wildman–Crippen LogP) is 2.85. The van der Waals surface area contributed by atoms with Gasteiger partial charge >= 0.3 is 5.97 Å². The van der Waals surface area contributed by atoms with Crippen molar-refractivity contribution in [3.05, 3.63) is 45.1 Å². The summed E-state index contributed by atoms with van der Waals surface area (Å²) in [5, 5.41) is 1.95. The van der Waals surface area contributed by atoms with Crippen LogP contribution in [0.15, 0.2) is 32.8 Å². The fourth-order valence-corrected chi connectivity index (χ4v) is 2.31. The van der Waals surface area contributed by atoms with Gasteiger partial charge in [0.15, 0.2) is 5.43 Å². The van der Waals surface area contributed by atoms with Gasteiger partial charge in [0, 0.05) is 12.1 Å². The van der Waals surface area contributed by atoms with Crippen LogP contribution in [0, 0.1) is 6.92 Å². The Morgan fingerprint density at radius 3 is 2.78 bits per heavy atom. The first-order chi connectivity index (χ1) is 8.60. The van der Waals surface area contributed by atoms with Crippen LogP contribution in [0.5, 0.6) is 0 Å². The number of rotatable bonds is 3. The Morgan fingerprint density at radius 1 is 1.39 bits per heavy atom. The summed E-state index contributed by atoms with van der Waals surface area (Å²) in [5.41, 5.74) is 0.810. The van der Waals surface area contributed by atoms with Gasteiger partial charge in [-0.1, -0.05) is 0 Å². The minimum atomic E-state index is -0.621. The third-order valence-corrected chi connectivity index (χ3v) is 3.28. The van der Waals surface area contributed by atoms with Gasteiger partial charge in [-0.3, -0.25) is 4.79 Å². The summed E-state index contributed by atoms with van der Waals surface area (Å²) < 4.78 is 10.2. The third-order valence-electron chi connectivity index (χ3n) is 2.22. The molecular weight excluding hydrogens is 252 g/mol. The van der Waals surface area contributed by atoms with Crippen molar-refractivity contribution in [2.45, 2.75) is 13.8 Å². The number of carbonyl (C=O) groups excluding carboxylic acids is 1. The highest BCUT2D eigenvalue weighted by atomic mass is 32.1. The number of aryl methyl sites for hydroxylation is 1. The van der Waals surface area contributed by atoms with Gasteiger partial charge in [0.25, 0.3) is 0 Å². The van der Waals surface area contributed by atoms with E-state index in [2.05, 4.69) is 0 Å². The Morgan fingerprint density at radius 2 is 2.17 bits per heavy atom. The molecule has 0 aromatic carbocycles. The number of thiophene rings is 1. The van der Waals surface area contributed by atoms with Crippen molar-refractivity contribution in [3.8, 4) is 10.6 Å². The molecule has 2 aromatic rings. The summed E-state index contributed by atoms with van der Waals surface area (Å²) in [5.74, 6) is -0.293. The van der Waals surface area contributed by atoms with Crippen LogP contribution >= 0.6 is 11.3 Å². The quantitative estimate of drug-likeness (QED) is 0.800. The molecule has 5 heteroatoms. The van der Waals surface area contributed by atoms with Gasteiger partial charge in [0.1, 0.15) is 5.76 Å². The molecule has 2 heterocycles. The van der Waals surface area contributed by atoms with E-state index in [1.165, 1.54) is 17.4 Å². The molecule has 0 unspecified atom stereocenters. The smallest absolute Gasteiger partial charge is 0.374 e. The molecule has 0 bridgehead atoms. The highest BCUT2D eigenvalue weighted by Gasteiger charge is 2.13. The first-order valence-electron chi connectivity index (χ1n) is 5.48. The molecule has 0 fully saturated rings. The summed E-state index contributed by atoms with van der Waals surface area (Å²) in [6.45, 7) is 3.89. The molecule has 0 saturated carbocycles. The molecule has 4 nitrogen and oxygen atoms in total. The van der Waals surface area contributed by atoms with E-state index in [-0.39, 0.29) is 17.8 Å². The molecule has 0 N–H and O–H groups in total. The lowest BCUT2D eigenvalue weighted by atomic mass is 10.2. The van der Waals surface area contributed by atoms with Crippen molar-refractivity contribution >= 4 is 17.3 Å². The summed E-state index contributed by atoms with van der Waals surface area (Å²) >= 11 is 1.46. The normalized spacial score (nSPS) is 10.3. The van der Waals surface area contributed by atoms with Gasteiger partial charge in [-0.2, -0.15) is 0 Å². The van der Waals surface area contributed by atoms with Gasteiger partial charge in [-0.15, -0.1) is 11.3 Å². The van der Waals surface area contributed by atoms with Crippen molar-refractivity contribution in [1.29, 1.82) is 0 Å². The summed E-state index contributed by atoms with van der Waals surface area (Å²) in [6.07, 6.45) is 0. The van der Waals surface area contributed by atoms with Crippen molar-refractivity contribution in [2.24, 2.45) is 0 Å². The Labute approximate surface area is 108 Å². The minimum Gasteiger partial charge on any atom is -0.460 e. The average molecular weight is 264 g/mol. The van der Waals surface area contributed by atoms with Crippen LogP contribution in [0.3, 0.4) is 0 Å². The fraction of sp³-hybridized carbons (Fsp3) is 0.231. The largest absolute Gasteiger partial charge is 0.460 e. The first kappa shape index (κ1) is 12.6. The summed E-state index contributed by atoms with van der Waals surface area (Å²) in [6, 6.07) is 4.41. The van der Waals surface area contributed by atoms with Crippen LogP contribution in [0.4, 0.5) is 0 Å². The number of esters is 1. The van der Waals surface area contributed by atoms with Gasteiger partial charge in [0.2, 0.25) is 5.76 Å². The highest BCUT2D eigenvalue weighted by Crippen LogP contribution is 2.26. The maximum atomic E-state index is 11.5. The van der Waals surface area contributed by atoms with E-state index in [1.807, 2.05) is 18.4 Å². The Kier molecular flexibility index (Phi) is 3.62. The van der Waals surface area contributed by atoms with E-state index in [9.17, 15) is 9.59 Å². The minimum absolute atomic E-state index is 0.0644. The lowest BCUT2D eigenvalue weighted by molar-refractivity contribution is 0.0488. The topological polar surface area (TPSA) is 56.5 Å². The zero-order valence-electron chi connectivity index (χ0n) is 10.1. The van der Waals surface area contributed by atoms with Gasteiger partial charge < -0.3 is 9.15 Å². The van der Waals surface area contributed by atoms with E-state index >= 15 is 0 Å². The van der Waals surface area contributed by atoms with E-state index in [0.29, 0.717) is 5.76 Å². The Balaban J connectivity index is 2.44. The summed E-state index contributed by atoms with van der Waals surface area (Å²) in [7, 11) is 0. The molecule has 0 radical (unpaired) electrons. The summed E-state index contributed by atoms with van der Waals surface area (Å²) in [4.78, 5) is 23.9. The van der Waals surface area contributed by atoms with Gasteiger partial charge in [-0.05, 0) is 30.9 Å². The van der Waals surface area contributed by atoms with Crippen molar-refractivity contribution < 1.29 is 13.9 Å². The molecular formula is C13H12O4S. The average Bonchev–Trinajstić information content (AvgIpc) is 2.75. The Bertz CT molecular complexity index is 624. The molecule has 94 valence electrons. The molecule has 0 saturated heterocycles. The maximum Gasteiger partial charge on any atom is 0.374 e. The second-order valence-corrected chi connectivity index (χ2v) is 4.64. The molecule has 2 aromatic heterocycles. The van der Waals surface area contributed by atoms with Crippen LogP contribution in [0.25, 0.3) is 10.6 Å². The fourth-order valence-electron chi connectivity index (χ4n) is 1.46. The van der Waals surface area contributed by atoms with Crippen LogP contribution in [0.1, 0.15) is 23.0 Å². The van der Waals surface area contributed by atoms with Gasteiger partial charge in [0.05, 0.1) is 11.5 Å². The number of hydrogen-bond donors (Lipinski definition) is 0. The second-order valence-electron chi connectivity index (χ2n) is 3.73. The molecule has 2 rings (SSSR count). The highest BCUT2D eigenvalue weighted by molar-refractivity contribution is 7.13. The zero-order chi connectivity index (χ0) is 13.1. The van der Waals surface area contributed by atoms with Crippen LogP contribution in [-0.4, -0.2) is 12.6 Å². The molecule has 0 aliphatic carbocycles. The zero-order valence-corrected chi connectivity index (χ0v) is 10.9. The number of carbonyl (C=O) groups is 1. The van der Waals surface area contributed by atoms with E-state index < -0.39 is 5.97 Å². The third kappa shape index (κ3) is 2.68. The first-order valence-corrected chi connectivity index (χ1v) is 6.36. The standard InChI is InChI=1S/C13H12O4S/c1-3-16-13(15)11-6-9(14)5-10(17-11)12-4-8(2)7-18-12/h4-7H,3H2,1-2H3. The number of ether oxygens (including phenoxy) is 1. The van der Waals surface area contributed by atoms with Gasteiger partial charge in [-0.25, -0.2) is 4.79 Å². The molecule has 0 aliphatic heterocycles. The Hall–Kier alpha value is -1.88. The van der Waals surface area contributed by atoms with Crippen molar-refractivity contribution in [1.82, 2.24) is 0 Å². The van der Waals surface area contributed by atoms with E-state index in [1.54, 1.807) is 6.92 Å². The monoisotopic (exact) mass is 264 g/mol. The molecule has 0 aliphatic rings. The van der Waals surface area contributed by atoms with Crippen molar-refractivity contribution in [2.75, 3.05) is 6.61 Å². The van der Waals surface area contributed by atoms with Crippen molar-refractivity contribution in [3.63, 3.8) is 0 Å². The molecule has 18 heavy (non-hydrogen) atoms. The van der Waals surface area contributed by atoms with Crippen LogP contribution < -0.4 is 5.43 Å². The number of hydrogen-bond acceptors (Lipinski definition) is 5. The predicted molar refractivity (Wildman–Crippen MR) is 69.0 cm³/mol. The van der Waals surface area contributed by atoms with Crippen LogP contribution in [-0.2, 0) is 4.74 Å². The lowest BCUT2D eigenvalue weighted by Crippen LogP contribution is -2.09.